The van der Waals surface area contributed by atoms with Crippen LogP contribution in [0.25, 0.3) is 10.4 Å². The number of ether oxygens (including phenoxy) is 1. The van der Waals surface area contributed by atoms with Crippen LogP contribution in [0.5, 0.6) is 5.75 Å². The van der Waals surface area contributed by atoms with Gasteiger partial charge in [-0.05, 0) is 24.4 Å². The van der Waals surface area contributed by atoms with Gasteiger partial charge in [0, 0.05) is 36.7 Å². The van der Waals surface area contributed by atoms with Crippen LogP contribution < -0.4 is 9.64 Å². The van der Waals surface area contributed by atoms with Crippen LogP contribution in [0.4, 0.5) is 5.82 Å². The zero-order valence-corrected chi connectivity index (χ0v) is 10.7. The molecule has 0 bridgehead atoms. The molecule has 0 radical (unpaired) electrons. The number of pyridine rings is 1. The van der Waals surface area contributed by atoms with Crippen LogP contribution in [0.15, 0.2) is 23.4 Å². The van der Waals surface area contributed by atoms with E-state index in [1.165, 1.54) is 0 Å². The molecule has 1 atom stereocenters. The first-order valence-corrected chi connectivity index (χ1v) is 6.14. The van der Waals surface area contributed by atoms with Gasteiger partial charge in [-0.25, -0.2) is 4.98 Å². The van der Waals surface area contributed by atoms with Crippen molar-refractivity contribution in [3.05, 3.63) is 28.8 Å². The van der Waals surface area contributed by atoms with E-state index < -0.39 is 0 Å². The summed E-state index contributed by atoms with van der Waals surface area (Å²) < 4.78 is 5.39. The van der Waals surface area contributed by atoms with Gasteiger partial charge in [-0.1, -0.05) is 5.11 Å². The van der Waals surface area contributed by atoms with Crippen molar-refractivity contribution in [2.75, 3.05) is 24.6 Å². The van der Waals surface area contributed by atoms with Crippen molar-refractivity contribution < 1.29 is 9.53 Å². The molecule has 100 valence electrons. The second-order valence-corrected chi connectivity index (χ2v) is 4.27. The zero-order valence-electron chi connectivity index (χ0n) is 10.7. The molecule has 0 aliphatic carbocycles. The van der Waals surface area contributed by atoms with Crippen molar-refractivity contribution in [3.8, 4) is 5.75 Å². The Hall–Kier alpha value is -2.27. The highest BCUT2D eigenvalue weighted by Crippen LogP contribution is 2.26. The van der Waals surface area contributed by atoms with Gasteiger partial charge in [0.05, 0.1) is 6.61 Å². The van der Waals surface area contributed by atoms with Gasteiger partial charge in [-0.15, -0.1) is 0 Å². The Morgan fingerprint density at radius 3 is 3.26 bits per heavy atom. The predicted octanol–water partition coefficient (Wildman–Crippen LogP) is 2.14. The maximum Gasteiger partial charge on any atom is 0.228 e. The molecule has 1 fully saturated rings. The smallest absolute Gasteiger partial charge is 0.228 e. The monoisotopic (exact) mass is 261 g/mol. The molecule has 1 aliphatic rings. The summed E-state index contributed by atoms with van der Waals surface area (Å²) in [6.45, 7) is 3.33. The Labute approximate surface area is 110 Å². The Kier molecular flexibility index (Phi) is 4.20. The average Bonchev–Trinajstić information content (AvgIpc) is 2.78. The lowest BCUT2D eigenvalue weighted by Gasteiger charge is -2.16. The summed E-state index contributed by atoms with van der Waals surface area (Å²) >= 11 is 0. The van der Waals surface area contributed by atoms with Gasteiger partial charge in [0.15, 0.2) is 0 Å². The third kappa shape index (κ3) is 3.14. The highest BCUT2D eigenvalue weighted by atomic mass is 16.5. The summed E-state index contributed by atoms with van der Waals surface area (Å²) in [6.07, 6.45) is 2.01. The van der Waals surface area contributed by atoms with Crippen LogP contribution in [-0.4, -0.2) is 30.6 Å². The van der Waals surface area contributed by atoms with E-state index in [0.29, 0.717) is 37.7 Å². The minimum absolute atomic E-state index is 0.000659. The number of aromatic nitrogens is 1. The zero-order chi connectivity index (χ0) is 13.7. The first kappa shape index (κ1) is 13.2. The number of hydrogen-bond donors (Lipinski definition) is 0. The first-order chi connectivity index (χ1) is 9.24. The third-order valence-electron chi connectivity index (χ3n) is 2.91. The van der Waals surface area contributed by atoms with Crippen molar-refractivity contribution in [1.82, 2.24) is 4.98 Å². The minimum Gasteiger partial charge on any atom is -0.494 e. The van der Waals surface area contributed by atoms with E-state index in [9.17, 15) is 4.79 Å². The highest BCUT2D eigenvalue weighted by Gasteiger charge is 2.30. The maximum absolute atomic E-state index is 11.9. The molecule has 1 amide bonds. The fraction of sp³-hybridized carbons (Fsp3) is 0.500. The lowest BCUT2D eigenvalue weighted by Crippen LogP contribution is -2.25. The Bertz CT molecular complexity index is 513. The lowest BCUT2D eigenvalue weighted by atomic mass is 10.1. The largest absolute Gasteiger partial charge is 0.494 e. The fourth-order valence-corrected chi connectivity index (χ4v) is 2.08. The van der Waals surface area contributed by atoms with E-state index in [-0.39, 0.29) is 11.8 Å². The number of hydrogen-bond acceptors (Lipinski definition) is 4. The molecule has 0 spiro atoms. The number of rotatable bonds is 5. The molecule has 1 aromatic rings. The number of anilines is 1. The predicted molar refractivity (Wildman–Crippen MR) is 69.9 cm³/mol. The Morgan fingerprint density at radius 1 is 1.68 bits per heavy atom. The van der Waals surface area contributed by atoms with E-state index in [2.05, 4.69) is 15.0 Å². The van der Waals surface area contributed by atoms with Crippen LogP contribution in [0.3, 0.4) is 0 Å². The molecule has 7 nitrogen and oxygen atoms in total. The summed E-state index contributed by atoms with van der Waals surface area (Å²) in [7, 11) is 0. The average molecular weight is 261 g/mol. The van der Waals surface area contributed by atoms with Crippen LogP contribution in [-0.2, 0) is 4.79 Å². The van der Waals surface area contributed by atoms with E-state index in [0.717, 1.165) is 0 Å². The van der Waals surface area contributed by atoms with Crippen molar-refractivity contribution in [2.45, 2.75) is 13.3 Å². The van der Waals surface area contributed by atoms with Crippen molar-refractivity contribution >= 4 is 11.7 Å². The second kappa shape index (κ2) is 6.06. The molecule has 1 unspecified atom stereocenters. The van der Waals surface area contributed by atoms with Gasteiger partial charge in [0.25, 0.3) is 0 Å². The standard InChI is InChI=1S/C12H15N5O2/c1-2-19-10-3-4-14-11(6-10)17-8-9(5-12(17)18)7-15-16-13/h3-4,6,9H,2,5,7-8H2,1H3. The van der Waals surface area contributed by atoms with E-state index in [4.69, 9.17) is 10.3 Å². The summed E-state index contributed by atoms with van der Waals surface area (Å²) in [5.74, 6) is 1.33. The number of azide groups is 1. The topological polar surface area (TPSA) is 91.2 Å². The molecule has 0 aromatic carbocycles. The Balaban J connectivity index is 2.11. The van der Waals surface area contributed by atoms with Crippen LogP contribution in [0, 0.1) is 5.92 Å². The van der Waals surface area contributed by atoms with Gasteiger partial charge in [0.1, 0.15) is 11.6 Å². The molecule has 0 saturated carbocycles. The molecule has 1 saturated heterocycles. The summed E-state index contributed by atoms with van der Waals surface area (Å²) in [5, 5.41) is 3.52. The van der Waals surface area contributed by atoms with Gasteiger partial charge >= 0.3 is 0 Å². The summed E-state index contributed by atoms with van der Waals surface area (Å²) in [4.78, 5) is 20.4. The molecule has 19 heavy (non-hydrogen) atoms. The Morgan fingerprint density at radius 2 is 2.53 bits per heavy atom. The first-order valence-electron chi connectivity index (χ1n) is 6.14. The van der Waals surface area contributed by atoms with Gasteiger partial charge < -0.3 is 4.74 Å². The number of amides is 1. The lowest BCUT2D eigenvalue weighted by molar-refractivity contribution is -0.117. The molecule has 2 heterocycles. The normalized spacial score (nSPS) is 18.3. The number of carbonyl (C=O) groups excluding carboxylic acids is 1. The molecule has 0 N–H and O–H groups in total. The van der Waals surface area contributed by atoms with E-state index in [1.54, 1.807) is 23.2 Å². The number of nitrogens with zero attached hydrogens (tertiary/aromatic N) is 5. The van der Waals surface area contributed by atoms with E-state index >= 15 is 0 Å². The van der Waals surface area contributed by atoms with Crippen molar-refractivity contribution in [1.29, 1.82) is 0 Å². The van der Waals surface area contributed by atoms with Crippen molar-refractivity contribution in [2.24, 2.45) is 11.0 Å². The summed E-state index contributed by atoms with van der Waals surface area (Å²) in [6, 6.07) is 3.50. The minimum atomic E-state index is -0.000659. The second-order valence-electron chi connectivity index (χ2n) is 4.27. The van der Waals surface area contributed by atoms with E-state index in [1.807, 2.05) is 6.92 Å². The molecule has 7 heteroatoms. The van der Waals surface area contributed by atoms with Crippen LogP contribution in [0.1, 0.15) is 13.3 Å². The third-order valence-corrected chi connectivity index (χ3v) is 2.91. The van der Waals surface area contributed by atoms with Gasteiger partial charge in [-0.3, -0.25) is 9.69 Å². The van der Waals surface area contributed by atoms with Crippen LogP contribution >= 0.6 is 0 Å². The molecular weight excluding hydrogens is 246 g/mol. The molecular formula is C12H15N5O2. The highest BCUT2D eigenvalue weighted by molar-refractivity contribution is 5.95. The summed E-state index contributed by atoms with van der Waals surface area (Å²) in [5.41, 5.74) is 8.30. The number of carbonyl (C=O) groups is 1. The van der Waals surface area contributed by atoms with Crippen LogP contribution in [0.2, 0.25) is 0 Å². The molecule has 1 aliphatic heterocycles. The fourth-order valence-electron chi connectivity index (χ4n) is 2.08. The van der Waals surface area contributed by atoms with Gasteiger partial charge in [0.2, 0.25) is 5.91 Å². The van der Waals surface area contributed by atoms with Gasteiger partial charge in [-0.2, -0.15) is 0 Å². The molecule has 2 rings (SSSR count). The quantitative estimate of drug-likeness (QED) is 0.462. The maximum atomic E-state index is 11.9. The SMILES string of the molecule is CCOc1ccnc(N2CC(CN=[N+]=[N-])CC2=O)c1. The molecule has 1 aromatic heterocycles. The van der Waals surface area contributed by atoms with Crippen molar-refractivity contribution in [3.63, 3.8) is 0 Å².